The van der Waals surface area contributed by atoms with Crippen molar-refractivity contribution in [3.63, 3.8) is 0 Å². The molecule has 7 nitrogen and oxygen atoms in total. The predicted molar refractivity (Wildman–Crippen MR) is 139 cm³/mol. The number of amides is 1. The van der Waals surface area contributed by atoms with Gasteiger partial charge in [0.05, 0.1) is 10.8 Å². The summed E-state index contributed by atoms with van der Waals surface area (Å²) in [5, 5.41) is 6.37. The van der Waals surface area contributed by atoms with Gasteiger partial charge in [-0.15, -0.1) is 0 Å². The van der Waals surface area contributed by atoms with Gasteiger partial charge in [-0.3, -0.25) is 4.79 Å². The lowest BCUT2D eigenvalue weighted by Gasteiger charge is -2.38. The molecule has 188 valence electrons. The fraction of sp³-hybridized carbons (Fsp3) is 0.321. The second-order valence-electron chi connectivity index (χ2n) is 9.87. The topological polar surface area (TPSA) is 96.5 Å². The van der Waals surface area contributed by atoms with Gasteiger partial charge in [0.25, 0.3) is 0 Å². The molecular weight excluding hydrogens is 474 g/mol. The van der Waals surface area contributed by atoms with E-state index in [1.54, 1.807) is 24.3 Å². The van der Waals surface area contributed by atoms with E-state index in [1.807, 2.05) is 55.5 Å². The Kier molecular flexibility index (Phi) is 6.59. The summed E-state index contributed by atoms with van der Waals surface area (Å²) in [6.07, 6.45) is 0.428. The number of ether oxygens (including phenoxy) is 1. The van der Waals surface area contributed by atoms with E-state index in [4.69, 9.17) is 4.74 Å². The fourth-order valence-corrected chi connectivity index (χ4v) is 6.37. The highest BCUT2D eigenvalue weighted by molar-refractivity contribution is 7.89. The number of sulfonamides is 1. The molecule has 2 heterocycles. The van der Waals surface area contributed by atoms with Crippen LogP contribution in [-0.4, -0.2) is 40.0 Å². The number of benzene rings is 3. The number of hydrogen-bond acceptors (Lipinski definition) is 5. The molecule has 0 unspecified atom stereocenters. The number of carbonyl (C=O) groups excluding carboxylic acids is 1. The molecule has 2 aliphatic heterocycles. The molecule has 2 atom stereocenters. The maximum atomic E-state index is 13.3. The minimum Gasteiger partial charge on any atom is -0.457 e. The smallest absolute Gasteiger partial charge is 0.240 e. The van der Waals surface area contributed by atoms with Gasteiger partial charge >= 0.3 is 0 Å². The molecule has 3 aromatic carbocycles. The number of nitrogens with one attached hydrogen (secondary N) is 3. The van der Waals surface area contributed by atoms with Crippen molar-refractivity contribution >= 4 is 15.9 Å². The molecule has 3 N–H and O–H groups in total. The van der Waals surface area contributed by atoms with Gasteiger partial charge in [-0.2, -0.15) is 0 Å². The molecule has 1 saturated heterocycles. The molecule has 0 bridgehead atoms. The van der Waals surface area contributed by atoms with E-state index >= 15 is 0 Å². The van der Waals surface area contributed by atoms with Crippen molar-refractivity contribution in [2.24, 2.45) is 5.92 Å². The first kappa shape index (κ1) is 24.5. The van der Waals surface area contributed by atoms with Gasteiger partial charge in [-0.1, -0.05) is 54.1 Å². The summed E-state index contributed by atoms with van der Waals surface area (Å²) in [6, 6.07) is 22.2. The Labute approximate surface area is 212 Å². The SMILES string of the molecule is Cc1ccc(S(=O)(=O)N[C@H]2CNC[C@@H](C(=O)NCC3(C)c4ccccc4Oc4ccccc43)C2)cc1. The third kappa shape index (κ3) is 4.76. The van der Waals surface area contributed by atoms with Crippen molar-refractivity contribution in [3.05, 3.63) is 89.5 Å². The zero-order valence-electron chi connectivity index (χ0n) is 20.5. The summed E-state index contributed by atoms with van der Waals surface area (Å²) >= 11 is 0. The number of hydrogen-bond donors (Lipinski definition) is 3. The van der Waals surface area contributed by atoms with E-state index in [0.717, 1.165) is 28.2 Å². The normalized spacial score (nSPS) is 20.5. The molecule has 1 amide bonds. The molecular formula is C28H31N3O4S. The average molecular weight is 506 g/mol. The van der Waals surface area contributed by atoms with Crippen LogP contribution in [0.3, 0.4) is 0 Å². The van der Waals surface area contributed by atoms with E-state index in [9.17, 15) is 13.2 Å². The highest BCUT2D eigenvalue weighted by Crippen LogP contribution is 2.47. The van der Waals surface area contributed by atoms with Crippen LogP contribution in [0.15, 0.2) is 77.7 Å². The van der Waals surface area contributed by atoms with Crippen LogP contribution in [0.2, 0.25) is 0 Å². The molecule has 0 aliphatic carbocycles. The van der Waals surface area contributed by atoms with Gasteiger partial charge in [0.2, 0.25) is 15.9 Å². The molecule has 2 aliphatic rings. The number of para-hydroxylation sites is 2. The quantitative estimate of drug-likeness (QED) is 0.477. The van der Waals surface area contributed by atoms with E-state index in [0.29, 0.717) is 26.1 Å². The number of fused-ring (bicyclic) bond motifs is 2. The van der Waals surface area contributed by atoms with Gasteiger partial charge in [0.15, 0.2) is 0 Å². The number of piperidine rings is 1. The van der Waals surface area contributed by atoms with Crippen molar-refractivity contribution < 1.29 is 17.9 Å². The minimum absolute atomic E-state index is 0.0931. The monoisotopic (exact) mass is 505 g/mol. The van der Waals surface area contributed by atoms with Crippen LogP contribution in [0.1, 0.15) is 30.0 Å². The second kappa shape index (κ2) is 9.69. The van der Waals surface area contributed by atoms with Gasteiger partial charge in [-0.05, 0) is 44.5 Å². The second-order valence-corrected chi connectivity index (χ2v) is 11.6. The Morgan fingerprint density at radius 1 is 0.972 bits per heavy atom. The number of carbonyl (C=O) groups is 1. The van der Waals surface area contributed by atoms with Crippen molar-refractivity contribution in [1.29, 1.82) is 0 Å². The first-order chi connectivity index (χ1) is 17.3. The summed E-state index contributed by atoms with van der Waals surface area (Å²) in [7, 11) is -3.67. The van der Waals surface area contributed by atoms with Gasteiger partial charge in [-0.25, -0.2) is 13.1 Å². The summed E-state index contributed by atoms with van der Waals surface area (Å²) in [4.78, 5) is 13.5. The molecule has 5 rings (SSSR count). The highest BCUT2D eigenvalue weighted by atomic mass is 32.2. The Balaban J connectivity index is 1.28. The molecule has 0 saturated carbocycles. The largest absolute Gasteiger partial charge is 0.457 e. The first-order valence-corrected chi connectivity index (χ1v) is 13.7. The number of aryl methyl sites for hydroxylation is 1. The van der Waals surface area contributed by atoms with Crippen LogP contribution in [0.25, 0.3) is 0 Å². The zero-order chi connectivity index (χ0) is 25.3. The lowest BCUT2D eigenvalue weighted by Crippen LogP contribution is -2.53. The summed E-state index contributed by atoms with van der Waals surface area (Å²) < 4.78 is 34.6. The Hall–Kier alpha value is -3.20. The fourth-order valence-electron chi connectivity index (χ4n) is 5.12. The molecule has 0 radical (unpaired) electrons. The van der Waals surface area contributed by atoms with Crippen molar-refractivity contribution in [2.45, 2.75) is 36.6 Å². The van der Waals surface area contributed by atoms with Crippen LogP contribution in [0.4, 0.5) is 0 Å². The van der Waals surface area contributed by atoms with Crippen LogP contribution in [0, 0.1) is 12.8 Å². The zero-order valence-corrected chi connectivity index (χ0v) is 21.3. The molecule has 0 spiro atoms. The van der Waals surface area contributed by atoms with Crippen LogP contribution in [0.5, 0.6) is 11.5 Å². The van der Waals surface area contributed by atoms with E-state index < -0.39 is 15.4 Å². The summed E-state index contributed by atoms with van der Waals surface area (Å²) in [5.41, 5.74) is 2.58. The lowest BCUT2D eigenvalue weighted by molar-refractivity contribution is -0.125. The Morgan fingerprint density at radius 2 is 1.58 bits per heavy atom. The standard InChI is InChI=1S/C28H31N3O4S/c1-19-11-13-22(14-12-19)36(33,34)31-21-15-20(16-29-17-21)27(32)30-18-28(2)23-7-3-5-9-25(23)35-26-10-6-4-8-24(26)28/h3-14,20-21,29,31H,15-18H2,1-2H3,(H,30,32)/t20-,21+/m0/s1. The third-order valence-electron chi connectivity index (χ3n) is 7.17. The Bertz CT molecular complexity index is 1330. The van der Waals surface area contributed by atoms with Crippen molar-refractivity contribution in [1.82, 2.24) is 15.4 Å². The lowest BCUT2D eigenvalue weighted by atomic mass is 9.74. The van der Waals surface area contributed by atoms with Crippen LogP contribution >= 0.6 is 0 Å². The molecule has 3 aromatic rings. The van der Waals surface area contributed by atoms with Crippen molar-refractivity contribution in [3.8, 4) is 11.5 Å². The summed E-state index contributed by atoms with van der Waals surface area (Å²) in [5.74, 6) is 1.14. The van der Waals surface area contributed by atoms with E-state index in [1.165, 1.54) is 0 Å². The maximum absolute atomic E-state index is 13.3. The van der Waals surface area contributed by atoms with E-state index in [2.05, 4.69) is 22.3 Å². The first-order valence-electron chi connectivity index (χ1n) is 12.2. The highest BCUT2D eigenvalue weighted by Gasteiger charge is 2.39. The Morgan fingerprint density at radius 3 is 2.22 bits per heavy atom. The third-order valence-corrected chi connectivity index (χ3v) is 8.71. The van der Waals surface area contributed by atoms with Gasteiger partial charge in [0.1, 0.15) is 11.5 Å². The van der Waals surface area contributed by atoms with Crippen LogP contribution < -0.4 is 20.1 Å². The molecule has 36 heavy (non-hydrogen) atoms. The molecule has 1 fully saturated rings. The predicted octanol–water partition coefficient (Wildman–Crippen LogP) is 3.48. The van der Waals surface area contributed by atoms with Gasteiger partial charge < -0.3 is 15.4 Å². The molecule has 0 aromatic heterocycles. The number of rotatable bonds is 6. The van der Waals surface area contributed by atoms with Crippen molar-refractivity contribution in [2.75, 3.05) is 19.6 Å². The van der Waals surface area contributed by atoms with Gasteiger partial charge in [0, 0.05) is 42.2 Å². The van der Waals surface area contributed by atoms with E-state index in [-0.39, 0.29) is 22.8 Å². The molecule has 8 heteroatoms. The summed E-state index contributed by atoms with van der Waals surface area (Å²) in [6.45, 7) is 5.41. The van der Waals surface area contributed by atoms with Crippen LogP contribution in [-0.2, 0) is 20.2 Å². The average Bonchev–Trinajstić information content (AvgIpc) is 2.88. The minimum atomic E-state index is -3.67. The maximum Gasteiger partial charge on any atom is 0.240 e.